The maximum absolute atomic E-state index is 12.5. The summed E-state index contributed by atoms with van der Waals surface area (Å²) in [4.78, 5) is 14.2. The number of rotatable bonds is 4. The zero-order valence-electron chi connectivity index (χ0n) is 13.2. The first-order valence-electron chi connectivity index (χ1n) is 7.36. The van der Waals surface area contributed by atoms with Crippen LogP contribution >= 0.6 is 0 Å². The molecule has 0 aromatic heterocycles. The minimum atomic E-state index is -3.59. The third-order valence-electron chi connectivity index (χ3n) is 4.00. The van der Waals surface area contributed by atoms with Crippen LogP contribution in [0.25, 0.3) is 0 Å². The summed E-state index contributed by atoms with van der Waals surface area (Å²) < 4.78 is 26.3. The van der Waals surface area contributed by atoms with Gasteiger partial charge in [-0.15, -0.1) is 0 Å². The van der Waals surface area contributed by atoms with E-state index in [0.29, 0.717) is 18.7 Å². The lowest BCUT2D eigenvalue weighted by Crippen LogP contribution is -2.34. The van der Waals surface area contributed by atoms with Gasteiger partial charge in [0.15, 0.2) is 0 Å². The lowest BCUT2D eigenvalue weighted by Gasteiger charge is -2.21. The monoisotopic (exact) mass is 325 g/mol. The van der Waals surface area contributed by atoms with Crippen molar-refractivity contribution in [2.45, 2.75) is 37.2 Å². The molecule has 2 N–H and O–H groups in total. The second-order valence-corrected chi connectivity index (χ2v) is 7.94. The molecule has 1 aromatic rings. The van der Waals surface area contributed by atoms with E-state index in [9.17, 15) is 13.2 Å². The Hall–Kier alpha value is -1.44. The summed E-state index contributed by atoms with van der Waals surface area (Å²) in [7, 11) is -2.05. The van der Waals surface area contributed by atoms with Crippen molar-refractivity contribution < 1.29 is 13.2 Å². The minimum absolute atomic E-state index is 0.00272. The van der Waals surface area contributed by atoms with Crippen molar-refractivity contribution in [2.24, 2.45) is 5.73 Å². The molecule has 1 heterocycles. The summed E-state index contributed by atoms with van der Waals surface area (Å²) in [5.41, 5.74) is 6.20. The van der Waals surface area contributed by atoms with Gasteiger partial charge in [-0.1, -0.05) is 6.07 Å². The molecule has 6 nitrogen and oxygen atoms in total. The highest BCUT2D eigenvalue weighted by molar-refractivity contribution is 7.89. The van der Waals surface area contributed by atoms with Gasteiger partial charge in [0.05, 0.1) is 4.90 Å². The van der Waals surface area contributed by atoms with E-state index in [1.807, 2.05) is 0 Å². The number of hydrogen-bond acceptors (Lipinski definition) is 4. The Morgan fingerprint density at radius 2 is 2.09 bits per heavy atom. The predicted molar refractivity (Wildman–Crippen MR) is 85.0 cm³/mol. The van der Waals surface area contributed by atoms with E-state index in [0.717, 1.165) is 6.42 Å². The van der Waals surface area contributed by atoms with Crippen molar-refractivity contribution in [1.29, 1.82) is 0 Å². The number of carbonyl (C=O) groups excluding carboxylic acids is 1. The first kappa shape index (κ1) is 16.9. The third-order valence-corrected chi connectivity index (χ3v) is 6.03. The zero-order chi connectivity index (χ0) is 16.5. The Kier molecular flexibility index (Phi) is 4.89. The number of likely N-dealkylation sites (tertiary alicyclic amines) is 1. The molecule has 0 unspecified atom stereocenters. The van der Waals surface area contributed by atoms with Gasteiger partial charge in [-0.3, -0.25) is 4.79 Å². The molecular weight excluding hydrogens is 302 g/mol. The van der Waals surface area contributed by atoms with Gasteiger partial charge < -0.3 is 10.6 Å². The highest BCUT2D eigenvalue weighted by atomic mass is 32.2. The molecule has 1 amide bonds. The number of sulfonamides is 1. The van der Waals surface area contributed by atoms with Crippen LogP contribution in [0, 0.1) is 0 Å². The van der Waals surface area contributed by atoms with Crippen LogP contribution in [-0.4, -0.2) is 55.8 Å². The summed E-state index contributed by atoms with van der Waals surface area (Å²) in [6.45, 7) is 4.74. The summed E-state index contributed by atoms with van der Waals surface area (Å²) in [6.07, 6.45) is 0.778. The zero-order valence-corrected chi connectivity index (χ0v) is 14.0. The van der Waals surface area contributed by atoms with E-state index >= 15 is 0 Å². The molecule has 1 aliphatic heterocycles. The molecule has 0 bridgehead atoms. The molecule has 2 rings (SSSR count). The second-order valence-electron chi connectivity index (χ2n) is 5.94. The van der Waals surface area contributed by atoms with E-state index in [2.05, 4.69) is 0 Å². The van der Waals surface area contributed by atoms with Gasteiger partial charge in [-0.2, -0.15) is 4.31 Å². The van der Waals surface area contributed by atoms with Gasteiger partial charge in [0.25, 0.3) is 5.91 Å². The molecule has 1 atom stereocenters. The maximum Gasteiger partial charge on any atom is 0.253 e. The Bertz CT molecular complexity index is 658. The van der Waals surface area contributed by atoms with Gasteiger partial charge in [-0.25, -0.2) is 8.42 Å². The molecule has 0 radical (unpaired) electrons. The van der Waals surface area contributed by atoms with Gasteiger partial charge in [0.1, 0.15) is 0 Å². The lowest BCUT2D eigenvalue weighted by molar-refractivity contribution is 0.0790. The molecule has 1 fully saturated rings. The largest absolute Gasteiger partial charge is 0.337 e. The van der Waals surface area contributed by atoms with Gasteiger partial charge in [0.2, 0.25) is 10.0 Å². The summed E-state index contributed by atoms with van der Waals surface area (Å²) in [6, 6.07) is 6.05. The molecule has 122 valence electrons. The fraction of sp³-hybridized carbons (Fsp3) is 0.533. The highest BCUT2D eigenvalue weighted by Crippen LogP contribution is 2.20. The lowest BCUT2D eigenvalue weighted by atomic mass is 10.2. The van der Waals surface area contributed by atoms with Crippen LogP contribution < -0.4 is 5.73 Å². The fourth-order valence-corrected chi connectivity index (χ4v) is 3.80. The Balaban J connectivity index is 2.29. The molecule has 0 spiro atoms. The molecule has 0 aliphatic carbocycles. The van der Waals surface area contributed by atoms with E-state index < -0.39 is 10.0 Å². The predicted octanol–water partition coefficient (Wildman–Crippen LogP) is 0.889. The third kappa shape index (κ3) is 3.31. The SMILES string of the molecule is CC(C)N(C)S(=O)(=O)c1cccc(C(=O)N2CC[C@@H](N)C2)c1. The summed E-state index contributed by atoms with van der Waals surface area (Å²) in [5.74, 6) is -0.169. The highest BCUT2D eigenvalue weighted by Gasteiger charge is 2.27. The van der Waals surface area contributed by atoms with Crippen molar-refractivity contribution in [3.05, 3.63) is 29.8 Å². The van der Waals surface area contributed by atoms with E-state index in [1.165, 1.54) is 23.5 Å². The summed E-state index contributed by atoms with van der Waals surface area (Å²) >= 11 is 0. The molecule has 0 saturated carbocycles. The molecule has 1 aromatic carbocycles. The number of nitrogens with zero attached hydrogens (tertiary/aromatic N) is 2. The second kappa shape index (κ2) is 6.36. The number of hydrogen-bond donors (Lipinski definition) is 1. The van der Waals surface area contributed by atoms with Crippen LogP contribution in [0.1, 0.15) is 30.6 Å². The topological polar surface area (TPSA) is 83.7 Å². The standard InChI is InChI=1S/C15H23N3O3S/c1-11(2)17(3)22(20,21)14-6-4-5-12(9-14)15(19)18-8-7-13(16)10-18/h4-6,9,11,13H,7-8,10,16H2,1-3H3/t13-/m1/s1. The fourth-order valence-electron chi connectivity index (χ4n) is 2.39. The normalized spacial score (nSPS) is 19.2. The number of amides is 1. The average molecular weight is 325 g/mol. The van der Waals surface area contributed by atoms with Crippen LogP contribution in [0.5, 0.6) is 0 Å². The smallest absolute Gasteiger partial charge is 0.253 e. The number of benzene rings is 1. The minimum Gasteiger partial charge on any atom is -0.337 e. The Labute approximate surface area is 131 Å². The average Bonchev–Trinajstić information content (AvgIpc) is 2.92. The van der Waals surface area contributed by atoms with Crippen LogP contribution in [0.15, 0.2) is 29.2 Å². The van der Waals surface area contributed by atoms with E-state index in [1.54, 1.807) is 30.9 Å². The molecule has 7 heteroatoms. The Morgan fingerprint density at radius 1 is 1.41 bits per heavy atom. The quantitative estimate of drug-likeness (QED) is 0.891. The molecule has 1 aliphatic rings. The maximum atomic E-state index is 12.5. The van der Waals surface area contributed by atoms with Crippen molar-refractivity contribution in [3.63, 3.8) is 0 Å². The van der Waals surface area contributed by atoms with Crippen molar-refractivity contribution in [2.75, 3.05) is 20.1 Å². The molecule has 22 heavy (non-hydrogen) atoms. The first-order valence-corrected chi connectivity index (χ1v) is 8.80. The molecule has 1 saturated heterocycles. The van der Waals surface area contributed by atoms with Gasteiger partial charge in [0, 0.05) is 37.8 Å². The van der Waals surface area contributed by atoms with Crippen molar-refractivity contribution >= 4 is 15.9 Å². The van der Waals surface area contributed by atoms with Gasteiger partial charge >= 0.3 is 0 Å². The van der Waals surface area contributed by atoms with Gasteiger partial charge in [-0.05, 0) is 38.5 Å². The van der Waals surface area contributed by atoms with E-state index in [4.69, 9.17) is 5.73 Å². The first-order chi connectivity index (χ1) is 10.2. The van der Waals surface area contributed by atoms with Crippen LogP contribution in [0.4, 0.5) is 0 Å². The van der Waals surface area contributed by atoms with Crippen LogP contribution in [0.2, 0.25) is 0 Å². The van der Waals surface area contributed by atoms with Crippen LogP contribution in [0.3, 0.4) is 0 Å². The molecular formula is C15H23N3O3S. The van der Waals surface area contributed by atoms with Crippen molar-refractivity contribution in [3.8, 4) is 0 Å². The van der Waals surface area contributed by atoms with Crippen LogP contribution in [-0.2, 0) is 10.0 Å². The Morgan fingerprint density at radius 3 is 2.64 bits per heavy atom. The van der Waals surface area contributed by atoms with Crippen molar-refractivity contribution in [1.82, 2.24) is 9.21 Å². The van der Waals surface area contributed by atoms with E-state index in [-0.39, 0.29) is 22.9 Å². The number of carbonyl (C=O) groups is 1. The number of nitrogens with two attached hydrogens (primary N) is 1. The summed E-state index contributed by atoms with van der Waals surface area (Å²) in [5, 5.41) is 0.